The van der Waals surface area contributed by atoms with E-state index in [1.807, 2.05) is 65.6 Å². The predicted octanol–water partition coefficient (Wildman–Crippen LogP) is 8.25. The third-order valence-corrected chi connectivity index (χ3v) is 15.6. The Labute approximate surface area is 337 Å². The smallest absolute Gasteiger partial charge is 0.227 e. The van der Waals surface area contributed by atoms with Crippen molar-refractivity contribution in [3.05, 3.63) is 108 Å². The van der Waals surface area contributed by atoms with Crippen molar-refractivity contribution < 1.29 is 34.0 Å². The second-order valence-electron chi connectivity index (χ2n) is 18.1. The predicted molar refractivity (Wildman–Crippen MR) is 221 cm³/mol. The number of ketones is 1. The lowest BCUT2D eigenvalue weighted by atomic mass is 9.32. The van der Waals surface area contributed by atoms with E-state index in [1.165, 1.54) is 0 Å². The van der Waals surface area contributed by atoms with Gasteiger partial charge in [-0.1, -0.05) is 92.7 Å². The standard InChI is InChI=1S/C49H59NO7/c1-45-21-18-37(51)30-47(45)24-25-49(38(31-47)44(53)36-15-13-35(14-16-36)34-10-7-6-8-11-34)41(45)19-22-46(2)42(49)20-23-48(46,54)32-50(26-9-27-55-3)43(52)29-33-12-17-39(56-4)40(28-33)57-5/h6-8,10-17,24-25,28,31,37,41-42,51,54H,9,18-23,26-27,29-30,32H2,1-5H3/t37?,41-,42-,45-,46+,47+,48-,49-/m1/s1. The number of aliphatic hydroxyl groups is 2. The number of amides is 1. The maximum Gasteiger partial charge on any atom is 0.227 e. The van der Waals surface area contributed by atoms with Gasteiger partial charge in [0.2, 0.25) is 5.91 Å². The average molecular weight is 774 g/mol. The normalized spacial score (nSPS) is 33.5. The van der Waals surface area contributed by atoms with Gasteiger partial charge in [-0.3, -0.25) is 9.59 Å². The number of carbonyl (C=O) groups excluding carboxylic acids is 2. The maximum absolute atomic E-state index is 15.2. The molecule has 3 fully saturated rings. The molecule has 302 valence electrons. The van der Waals surface area contributed by atoms with Crippen molar-refractivity contribution in [3.8, 4) is 22.6 Å². The summed E-state index contributed by atoms with van der Waals surface area (Å²) in [5.74, 6) is 1.31. The van der Waals surface area contributed by atoms with Crippen LogP contribution in [-0.4, -0.2) is 79.5 Å². The highest BCUT2D eigenvalue weighted by Gasteiger charge is 2.74. The lowest BCUT2D eigenvalue weighted by Gasteiger charge is -2.71. The van der Waals surface area contributed by atoms with Crippen LogP contribution in [-0.2, 0) is 16.0 Å². The Kier molecular flexibility index (Phi) is 10.3. The number of hydrogen-bond donors (Lipinski definition) is 2. The summed E-state index contributed by atoms with van der Waals surface area (Å²) in [6, 6.07) is 23.8. The zero-order chi connectivity index (χ0) is 40.2. The van der Waals surface area contributed by atoms with Gasteiger partial charge in [-0.05, 0) is 97.4 Å². The first-order valence-electron chi connectivity index (χ1n) is 20.9. The summed E-state index contributed by atoms with van der Waals surface area (Å²) in [6.45, 7) is 5.81. The van der Waals surface area contributed by atoms with E-state index in [0.29, 0.717) is 49.5 Å². The van der Waals surface area contributed by atoms with Crippen LogP contribution in [0.4, 0.5) is 0 Å². The minimum absolute atomic E-state index is 0.0208. The Bertz CT molecular complexity index is 2060. The minimum Gasteiger partial charge on any atom is -0.493 e. The molecule has 0 aliphatic heterocycles. The van der Waals surface area contributed by atoms with Gasteiger partial charge < -0.3 is 29.3 Å². The molecule has 8 atom stereocenters. The molecule has 3 aromatic carbocycles. The van der Waals surface area contributed by atoms with E-state index in [0.717, 1.165) is 54.4 Å². The highest BCUT2D eigenvalue weighted by Crippen LogP contribution is 2.78. The fraction of sp³-hybridized carbons (Fsp3) is 0.510. The first-order chi connectivity index (χ1) is 27.4. The van der Waals surface area contributed by atoms with Crippen LogP contribution in [0, 0.1) is 33.5 Å². The Hall–Kier alpha value is -4.24. The largest absolute Gasteiger partial charge is 0.493 e. The summed E-state index contributed by atoms with van der Waals surface area (Å²) >= 11 is 0. The second kappa shape index (κ2) is 14.9. The average Bonchev–Trinajstić information content (AvgIpc) is 3.50. The summed E-state index contributed by atoms with van der Waals surface area (Å²) < 4.78 is 16.4. The molecule has 57 heavy (non-hydrogen) atoms. The Balaban J connectivity index is 1.15. The molecule has 2 bridgehead atoms. The van der Waals surface area contributed by atoms with Gasteiger partial charge in [0.15, 0.2) is 17.3 Å². The molecular weight excluding hydrogens is 715 g/mol. The Morgan fingerprint density at radius 1 is 0.807 bits per heavy atom. The van der Waals surface area contributed by atoms with Gasteiger partial charge in [0.25, 0.3) is 0 Å². The number of ether oxygens (including phenoxy) is 3. The van der Waals surface area contributed by atoms with Gasteiger partial charge in [-0.2, -0.15) is 0 Å². The zero-order valence-electron chi connectivity index (χ0n) is 34.3. The van der Waals surface area contributed by atoms with E-state index < -0.39 is 27.9 Å². The molecule has 6 aliphatic carbocycles. The van der Waals surface area contributed by atoms with Crippen LogP contribution >= 0.6 is 0 Å². The molecule has 6 aliphatic rings. The first kappa shape index (κ1) is 39.6. The second-order valence-corrected chi connectivity index (χ2v) is 18.1. The Morgan fingerprint density at radius 2 is 1.49 bits per heavy atom. The number of Topliss-reactive ketones (excluding diaryl/α,β-unsaturated/α-hetero) is 1. The number of aliphatic hydroxyl groups excluding tert-OH is 1. The van der Waals surface area contributed by atoms with Crippen molar-refractivity contribution in [1.82, 2.24) is 4.90 Å². The number of methoxy groups -OCH3 is 3. The van der Waals surface area contributed by atoms with Gasteiger partial charge in [0, 0.05) is 54.2 Å². The third kappa shape index (κ3) is 6.20. The number of allylic oxidation sites excluding steroid dienone is 4. The number of carbonyl (C=O) groups is 2. The lowest BCUT2D eigenvalue weighted by molar-refractivity contribution is -0.178. The van der Waals surface area contributed by atoms with Crippen molar-refractivity contribution in [1.29, 1.82) is 0 Å². The van der Waals surface area contributed by atoms with Crippen LogP contribution in [0.25, 0.3) is 11.1 Å². The van der Waals surface area contributed by atoms with Gasteiger partial charge >= 0.3 is 0 Å². The first-order valence-corrected chi connectivity index (χ1v) is 20.9. The summed E-state index contributed by atoms with van der Waals surface area (Å²) in [4.78, 5) is 31.3. The monoisotopic (exact) mass is 773 g/mol. The topological polar surface area (TPSA) is 106 Å². The fourth-order valence-electron chi connectivity index (χ4n) is 12.5. The van der Waals surface area contributed by atoms with Gasteiger partial charge in [0.05, 0.1) is 32.3 Å². The van der Waals surface area contributed by atoms with E-state index in [-0.39, 0.29) is 41.9 Å². The number of hydrogen-bond acceptors (Lipinski definition) is 7. The molecule has 0 heterocycles. The Morgan fingerprint density at radius 3 is 2.21 bits per heavy atom. The van der Waals surface area contributed by atoms with Crippen molar-refractivity contribution in [2.75, 3.05) is 41.0 Å². The van der Waals surface area contributed by atoms with E-state index in [2.05, 4.69) is 44.2 Å². The van der Waals surface area contributed by atoms with Crippen molar-refractivity contribution in [3.63, 3.8) is 0 Å². The van der Waals surface area contributed by atoms with Crippen LogP contribution in [0.5, 0.6) is 11.5 Å². The number of nitrogens with zero attached hydrogens (tertiary/aromatic N) is 1. The van der Waals surface area contributed by atoms with E-state index >= 15 is 4.79 Å². The molecular formula is C49H59NO7. The molecule has 3 saturated carbocycles. The number of fused-ring (bicyclic) bond motifs is 1. The maximum atomic E-state index is 15.2. The highest BCUT2D eigenvalue weighted by molar-refractivity contribution is 6.10. The number of rotatable bonds is 13. The van der Waals surface area contributed by atoms with Crippen LogP contribution in [0.3, 0.4) is 0 Å². The van der Waals surface area contributed by atoms with Crippen LogP contribution in [0.2, 0.25) is 0 Å². The van der Waals surface area contributed by atoms with Crippen LogP contribution < -0.4 is 9.47 Å². The molecule has 1 amide bonds. The molecule has 8 heteroatoms. The fourth-order valence-corrected chi connectivity index (χ4v) is 12.5. The summed E-state index contributed by atoms with van der Waals surface area (Å²) in [7, 11) is 4.84. The molecule has 0 aromatic heterocycles. The van der Waals surface area contributed by atoms with E-state index in [9.17, 15) is 15.0 Å². The number of benzene rings is 3. The molecule has 8 nitrogen and oxygen atoms in total. The summed E-state index contributed by atoms with van der Waals surface area (Å²) in [6.07, 6.45) is 12.5. The van der Waals surface area contributed by atoms with E-state index in [4.69, 9.17) is 14.2 Å². The molecule has 1 unspecified atom stereocenters. The molecule has 9 rings (SSSR count). The quantitative estimate of drug-likeness (QED) is 0.102. The van der Waals surface area contributed by atoms with Crippen molar-refractivity contribution in [2.45, 2.75) is 83.3 Å². The molecule has 0 saturated heterocycles. The van der Waals surface area contributed by atoms with Gasteiger partial charge in [0.1, 0.15) is 0 Å². The molecule has 2 spiro atoms. The van der Waals surface area contributed by atoms with Crippen LogP contribution in [0.15, 0.2) is 96.6 Å². The third-order valence-electron chi connectivity index (χ3n) is 15.6. The van der Waals surface area contributed by atoms with Gasteiger partial charge in [-0.25, -0.2) is 0 Å². The van der Waals surface area contributed by atoms with E-state index in [1.54, 1.807) is 21.3 Å². The molecule has 2 N–H and O–H groups in total. The summed E-state index contributed by atoms with van der Waals surface area (Å²) in [5.41, 5.74) is 1.58. The summed E-state index contributed by atoms with van der Waals surface area (Å²) in [5, 5.41) is 24.3. The van der Waals surface area contributed by atoms with Crippen molar-refractivity contribution in [2.24, 2.45) is 33.5 Å². The SMILES string of the molecule is COCCCN(C[C@]1(O)CC[C@H]2[C@]34C=C[C@@]5(C=C3C(=O)c3ccc(-c6ccccc6)cc3)CC(O)CC[C@]5(C)[C@H]4CC[C@@]21C)C(=O)Cc1ccc(OC)c(OC)c1. The van der Waals surface area contributed by atoms with Gasteiger partial charge in [-0.15, -0.1) is 0 Å². The lowest BCUT2D eigenvalue weighted by Crippen LogP contribution is -2.67. The minimum atomic E-state index is -1.17. The molecule has 0 radical (unpaired) electrons. The van der Waals surface area contributed by atoms with Crippen molar-refractivity contribution >= 4 is 11.7 Å². The zero-order valence-corrected chi connectivity index (χ0v) is 34.3. The highest BCUT2D eigenvalue weighted by atomic mass is 16.5. The van der Waals surface area contributed by atoms with Crippen LogP contribution in [0.1, 0.15) is 81.1 Å². The molecule has 3 aromatic rings.